The molecule has 0 bridgehead atoms. The van der Waals surface area contributed by atoms with Crippen molar-refractivity contribution in [1.29, 1.82) is 0 Å². The summed E-state index contributed by atoms with van der Waals surface area (Å²) in [6.07, 6.45) is 6.14. The number of carbonyl (C=O) groups excluding carboxylic acids is 1. The smallest absolute Gasteiger partial charge is 0.222 e. The number of nitrogens with zero attached hydrogens (tertiary/aromatic N) is 3. The van der Waals surface area contributed by atoms with Crippen LogP contribution in [0.4, 0.5) is 0 Å². The summed E-state index contributed by atoms with van der Waals surface area (Å²) >= 11 is 0. The number of rotatable bonds is 6. The Bertz CT molecular complexity index is 706. The second-order valence-corrected chi connectivity index (χ2v) is 7.23. The molecule has 4 heterocycles. The Morgan fingerprint density at radius 1 is 1.31 bits per heavy atom. The van der Waals surface area contributed by atoms with E-state index in [4.69, 9.17) is 9.15 Å². The van der Waals surface area contributed by atoms with Gasteiger partial charge in [0.1, 0.15) is 5.76 Å². The first-order chi connectivity index (χ1) is 12.8. The van der Waals surface area contributed by atoms with Crippen LogP contribution in [0.1, 0.15) is 36.8 Å². The second kappa shape index (κ2) is 8.05. The Balaban J connectivity index is 1.35. The molecule has 0 aliphatic carbocycles. The number of fused-ring (bicyclic) bond motifs is 1. The predicted molar refractivity (Wildman–Crippen MR) is 95.3 cm³/mol. The van der Waals surface area contributed by atoms with Crippen molar-refractivity contribution in [2.45, 2.75) is 38.4 Å². The van der Waals surface area contributed by atoms with Gasteiger partial charge in [0.05, 0.1) is 31.0 Å². The van der Waals surface area contributed by atoms with E-state index in [1.807, 2.05) is 23.0 Å². The van der Waals surface area contributed by atoms with E-state index in [1.54, 1.807) is 6.26 Å². The predicted octanol–water partition coefficient (Wildman–Crippen LogP) is 1.97. The van der Waals surface area contributed by atoms with Crippen molar-refractivity contribution in [3.05, 3.63) is 42.1 Å². The van der Waals surface area contributed by atoms with Gasteiger partial charge in [0, 0.05) is 39.0 Å². The van der Waals surface area contributed by atoms with Gasteiger partial charge in [-0.3, -0.25) is 14.4 Å². The summed E-state index contributed by atoms with van der Waals surface area (Å²) in [4.78, 5) is 14.9. The van der Waals surface area contributed by atoms with Crippen molar-refractivity contribution in [2.75, 3.05) is 26.3 Å². The minimum atomic E-state index is 0.0285. The van der Waals surface area contributed by atoms with Crippen LogP contribution >= 0.6 is 0 Å². The first kappa shape index (κ1) is 17.3. The molecule has 1 fully saturated rings. The Morgan fingerprint density at radius 2 is 2.19 bits per heavy atom. The van der Waals surface area contributed by atoms with Crippen LogP contribution in [0.5, 0.6) is 0 Å². The Hall–Kier alpha value is -2.12. The molecule has 0 spiro atoms. The van der Waals surface area contributed by atoms with Crippen molar-refractivity contribution < 1.29 is 13.9 Å². The molecule has 140 valence electrons. The van der Waals surface area contributed by atoms with E-state index >= 15 is 0 Å². The van der Waals surface area contributed by atoms with Crippen LogP contribution in [0.3, 0.4) is 0 Å². The number of furan rings is 1. The largest absolute Gasteiger partial charge is 0.467 e. The average molecular weight is 358 g/mol. The maximum Gasteiger partial charge on any atom is 0.222 e. The minimum absolute atomic E-state index is 0.0285. The van der Waals surface area contributed by atoms with Gasteiger partial charge in [-0.05, 0) is 37.0 Å². The highest BCUT2D eigenvalue weighted by molar-refractivity contribution is 5.76. The lowest BCUT2D eigenvalue weighted by molar-refractivity contribution is -0.122. The molecule has 26 heavy (non-hydrogen) atoms. The number of ether oxygens (including phenoxy) is 1. The topological polar surface area (TPSA) is 72.5 Å². The van der Waals surface area contributed by atoms with E-state index in [0.717, 1.165) is 51.4 Å². The second-order valence-electron chi connectivity index (χ2n) is 7.23. The number of nitrogens with one attached hydrogen (secondary N) is 1. The van der Waals surface area contributed by atoms with Gasteiger partial charge in [-0.2, -0.15) is 5.10 Å². The molecule has 2 aliphatic rings. The van der Waals surface area contributed by atoms with E-state index in [2.05, 4.69) is 21.4 Å². The fourth-order valence-electron chi connectivity index (χ4n) is 3.93. The van der Waals surface area contributed by atoms with Crippen LogP contribution in [-0.2, 0) is 22.6 Å². The number of hydrogen-bond donors (Lipinski definition) is 1. The third-order valence-corrected chi connectivity index (χ3v) is 5.27. The normalized spacial score (nSPS) is 21.5. The molecule has 1 saturated heterocycles. The zero-order chi connectivity index (χ0) is 17.8. The van der Waals surface area contributed by atoms with Crippen molar-refractivity contribution in [3.63, 3.8) is 0 Å². The summed E-state index contributed by atoms with van der Waals surface area (Å²) in [6, 6.07) is 5.82. The molecule has 7 heteroatoms. The maximum atomic E-state index is 12.4. The lowest BCUT2D eigenvalue weighted by atomic mass is 9.98. The zero-order valence-electron chi connectivity index (χ0n) is 15.0. The van der Waals surface area contributed by atoms with Gasteiger partial charge in [0.25, 0.3) is 0 Å². The van der Waals surface area contributed by atoms with Crippen LogP contribution in [0.15, 0.2) is 35.1 Å². The maximum absolute atomic E-state index is 12.4. The number of hydrogen-bond acceptors (Lipinski definition) is 5. The highest BCUT2D eigenvalue weighted by Gasteiger charge is 2.29. The van der Waals surface area contributed by atoms with Gasteiger partial charge >= 0.3 is 0 Å². The van der Waals surface area contributed by atoms with Crippen LogP contribution in [0.2, 0.25) is 0 Å². The molecule has 2 aliphatic heterocycles. The van der Waals surface area contributed by atoms with Crippen molar-refractivity contribution in [1.82, 2.24) is 20.0 Å². The van der Waals surface area contributed by atoms with Crippen LogP contribution in [-0.4, -0.2) is 46.9 Å². The molecular weight excluding hydrogens is 332 g/mol. The molecule has 1 amide bonds. The highest BCUT2D eigenvalue weighted by atomic mass is 16.5. The SMILES string of the molecule is O=C(C[C@H]1CN(CC2CCOCC2)Cc2ccnn21)NCc1ccco1. The van der Waals surface area contributed by atoms with Gasteiger partial charge in [-0.25, -0.2) is 0 Å². The van der Waals surface area contributed by atoms with Crippen molar-refractivity contribution >= 4 is 5.91 Å². The Morgan fingerprint density at radius 3 is 3.00 bits per heavy atom. The first-order valence-electron chi connectivity index (χ1n) is 9.39. The molecule has 1 N–H and O–H groups in total. The molecule has 2 aromatic heterocycles. The Labute approximate surface area is 153 Å². The fourth-order valence-corrected chi connectivity index (χ4v) is 3.93. The monoisotopic (exact) mass is 358 g/mol. The molecule has 1 atom stereocenters. The van der Waals surface area contributed by atoms with Gasteiger partial charge < -0.3 is 14.5 Å². The first-order valence-corrected chi connectivity index (χ1v) is 9.39. The molecule has 0 unspecified atom stereocenters. The van der Waals surface area contributed by atoms with E-state index < -0.39 is 0 Å². The summed E-state index contributed by atoms with van der Waals surface area (Å²) in [5.74, 6) is 1.48. The van der Waals surface area contributed by atoms with E-state index in [-0.39, 0.29) is 11.9 Å². The lowest BCUT2D eigenvalue weighted by Gasteiger charge is -2.36. The van der Waals surface area contributed by atoms with Gasteiger partial charge in [0.2, 0.25) is 5.91 Å². The molecule has 0 saturated carbocycles. The molecular formula is C19H26N4O3. The summed E-state index contributed by atoms with van der Waals surface area (Å²) in [5.41, 5.74) is 1.19. The lowest BCUT2D eigenvalue weighted by Crippen LogP contribution is -2.42. The van der Waals surface area contributed by atoms with Gasteiger partial charge in [-0.15, -0.1) is 0 Å². The summed E-state index contributed by atoms with van der Waals surface area (Å²) in [6.45, 7) is 5.00. The summed E-state index contributed by atoms with van der Waals surface area (Å²) in [5, 5.41) is 7.40. The van der Waals surface area contributed by atoms with E-state index in [0.29, 0.717) is 18.9 Å². The quantitative estimate of drug-likeness (QED) is 0.855. The van der Waals surface area contributed by atoms with Gasteiger partial charge in [0.15, 0.2) is 0 Å². The van der Waals surface area contributed by atoms with Crippen LogP contribution < -0.4 is 5.32 Å². The van der Waals surface area contributed by atoms with Crippen molar-refractivity contribution in [3.8, 4) is 0 Å². The molecule has 0 radical (unpaired) electrons. The molecule has 4 rings (SSSR count). The number of amides is 1. The standard InChI is InChI=1S/C19H26N4O3/c24-19(20-11-18-2-1-7-26-18)10-17-14-22(12-15-4-8-25-9-5-15)13-16-3-6-21-23(16)17/h1-3,6-7,15,17H,4-5,8-14H2,(H,20,24)/t17-/m0/s1. The number of aromatic nitrogens is 2. The van der Waals surface area contributed by atoms with Crippen molar-refractivity contribution in [2.24, 2.45) is 5.92 Å². The van der Waals surface area contributed by atoms with Crippen LogP contribution in [0.25, 0.3) is 0 Å². The van der Waals surface area contributed by atoms with Crippen LogP contribution in [0, 0.1) is 5.92 Å². The highest BCUT2D eigenvalue weighted by Crippen LogP contribution is 2.25. The molecule has 2 aromatic rings. The number of carbonyl (C=O) groups is 1. The molecule has 7 nitrogen and oxygen atoms in total. The summed E-state index contributed by atoms with van der Waals surface area (Å²) < 4.78 is 12.8. The third kappa shape index (κ3) is 4.16. The minimum Gasteiger partial charge on any atom is -0.467 e. The zero-order valence-corrected chi connectivity index (χ0v) is 15.0. The van der Waals surface area contributed by atoms with E-state index in [1.165, 1.54) is 5.69 Å². The Kier molecular flexibility index (Phi) is 5.36. The molecule has 0 aromatic carbocycles. The average Bonchev–Trinajstić information content (AvgIpc) is 3.32. The van der Waals surface area contributed by atoms with E-state index in [9.17, 15) is 4.79 Å². The summed E-state index contributed by atoms with van der Waals surface area (Å²) in [7, 11) is 0. The van der Waals surface area contributed by atoms with Gasteiger partial charge in [-0.1, -0.05) is 0 Å². The third-order valence-electron chi connectivity index (χ3n) is 5.27. The fraction of sp³-hybridized carbons (Fsp3) is 0.579.